The molecule has 0 spiro atoms. The molecule has 4 heteroatoms. The van der Waals surface area contributed by atoms with Crippen molar-refractivity contribution in [2.24, 2.45) is 0 Å². The van der Waals surface area contributed by atoms with E-state index in [0.717, 1.165) is 11.3 Å². The Bertz CT molecular complexity index is 438. The van der Waals surface area contributed by atoms with E-state index in [1.54, 1.807) is 7.11 Å². The Morgan fingerprint density at radius 1 is 1.50 bits per heavy atom. The van der Waals surface area contributed by atoms with Gasteiger partial charge in [-0.15, -0.1) is 6.42 Å². The molecule has 0 aromatic heterocycles. The third-order valence-electron chi connectivity index (χ3n) is 2.50. The number of rotatable bonds is 6. The summed E-state index contributed by atoms with van der Waals surface area (Å²) < 4.78 is 5.25. The van der Waals surface area contributed by atoms with E-state index in [9.17, 15) is 4.79 Å². The highest BCUT2D eigenvalue weighted by Gasteiger charge is 2.12. The van der Waals surface area contributed by atoms with Crippen LogP contribution in [0.4, 0.5) is 0 Å². The van der Waals surface area contributed by atoms with Crippen molar-refractivity contribution in [3.63, 3.8) is 0 Å². The molecule has 1 amide bonds. The van der Waals surface area contributed by atoms with E-state index in [1.165, 1.54) is 0 Å². The Hall–Kier alpha value is -1.99. The maximum atomic E-state index is 11.6. The van der Waals surface area contributed by atoms with Crippen molar-refractivity contribution >= 4 is 5.91 Å². The zero-order valence-corrected chi connectivity index (χ0v) is 10.7. The SMILES string of the molecule is C#CCNCC(=O)N[C@H](C)c1ccccc1OC. The number of amides is 1. The number of terminal acetylenes is 1. The predicted molar refractivity (Wildman–Crippen MR) is 71.3 cm³/mol. The molecule has 18 heavy (non-hydrogen) atoms. The molecule has 1 aromatic carbocycles. The highest BCUT2D eigenvalue weighted by Crippen LogP contribution is 2.23. The maximum absolute atomic E-state index is 11.6. The fourth-order valence-electron chi connectivity index (χ4n) is 1.64. The van der Waals surface area contributed by atoms with Gasteiger partial charge in [-0.1, -0.05) is 24.1 Å². The Kier molecular flexibility index (Phi) is 5.75. The summed E-state index contributed by atoms with van der Waals surface area (Å²) in [7, 11) is 1.61. The molecule has 1 atom stereocenters. The topological polar surface area (TPSA) is 50.4 Å². The zero-order valence-electron chi connectivity index (χ0n) is 10.7. The van der Waals surface area contributed by atoms with Crippen LogP contribution < -0.4 is 15.4 Å². The molecular formula is C14H18N2O2. The Balaban J connectivity index is 2.57. The van der Waals surface area contributed by atoms with Crippen LogP contribution in [-0.4, -0.2) is 26.1 Å². The third-order valence-corrected chi connectivity index (χ3v) is 2.50. The molecule has 2 N–H and O–H groups in total. The standard InChI is InChI=1S/C14H18N2O2/c1-4-9-15-10-14(17)16-11(2)12-7-5-6-8-13(12)18-3/h1,5-8,11,15H,9-10H2,2-3H3,(H,16,17)/t11-/m1/s1. The van der Waals surface area contributed by atoms with Crippen molar-refractivity contribution in [3.05, 3.63) is 29.8 Å². The van der Waals surface area contributed by atoms with E-state index < -0.39 is 0 Å². The second kappa shape index (κ2) is 7.36. The van der Waals surface area contributed by atoms with Gasteiger partial charge < -0.3 is 10.1 Å². The molecule has 1 rings (SSSR count). The monoisotopic (exact) mass is 246 g/mol. The summed E-state index contributed by atoms with van der Waals surface area (Å²) in [6.45, 7) is 2.51. The van der Waals surface area contributed by atoms with Gasteiger partial charge in [0.1, 0.15) is 5.75 Å². The fraction of sp³-hybridized carbons (Fsp3) is 0.357. The lowest BCUT2D eigenvalue weighted by Gasteiger charge is -2.17. The van der Waals surface area contributed by atoms with Crippen molar-refractivity contribution in [1.29, 1.82) is 0 Å². The highest BCUT2D eigenvalue weighted by molar-refractivity contribution is 5.78. The van der Waals surface area contributed by atoms with Gasteiger partial charge in [0.2, 0.25) is 5.91 Å². The average molecular weight is 246 g/mol. The Labute approximate surface area is 108 Å². The summed E-state index contributed by atoms with van der Waals surface area (Å²) in [5.74, 6) is 3.09. The Morgan fingerprint density at radius 2 is 2.22 bits per heavy atom. The summed E-state index contributed by atoms with van der Waals surface area (Å²) in [5, 5.41) is 5.72. The molecule has 0 aliphatic heterocycles. The summed E-state index contributed by atoms with van der Waals surface area (Å²) in [5.41, 5.74) is 0.949. The molecule has 0 aliphatic rings. The van der Waals surface area contributed by atoms with E-state index in [1.807, 2.05) is 31.2 Å². The highest BCUT2D eigenvalue weighted by atomic mass is 16.5. The molecule has 4 nitrogen and oxygen atoms in total. The van der Waals surface area contributed by atoms with Crippen molar-refractivity contribution < 1.29 is 9.53 Å². The normalized spacial score (nSPS) is 11.4. The number of ether oxygens (including phenoxy) is 1. The summed E-state index contributed by atoms with van der Waals surface area (Å²) in [4.78, 5) is 11.6. The molecule has 0 radical (unpaired) electrons. The van der Waals surface area contributed by atoms with E-state index in [2.05, 4.69) is 16.6 Å². The van der Waals surface area contributed by atoms with Crippen LogP contribution in [-0.2, 0) is 4.79 Å². The van der Waals surface area contributed by atoms with Gasteiger partial charge in [-0.3, -0.25) is 10.1 Å². The minimum atomic E-state index is -0.110. The van der Waals surface area contributed by atoms with Crippen molar-refractivity contribution in [3.8, 4) is 18.1 Å². The zero-order chi connectivity index (χ0) is 13.4. The van der Waals surface area contributed by atoms with Gasteiger partial charge in [0.15, 0.2) is 0 Å². The van der Waals surface area contributed by atoms with Gasteiger partial charge in [-0.05, 0) is 13.0 Å². The van der Waals surface area contributed by atoms with E-state index in [0.29, 0.717) is 6.54 Å². The van der Waals surface area contributed by atoms with Crippen LogP contribution in [0.5, 0.6) is 5.75 Å². The largest absolute Gasteiger partial charge is 0.496 e. The van der Waals surface area contributed by atoms with Crippen LogP contribution in [0.1, 0.15) is 18.5 Å². The lowest BCUT2D eigenvalue weighted by molar-refractivity contribution is -0.120. The molecule has 0 bridgehead atoms. The first-order valence-corrected chi connectivity index (χ1v) is 5.75. The fourth-order valence-corrected chi connectivity index (χ4v) is 1.64. The quantitative estimate of drug-likeness (QED) is 0.583. The van der Waals surface area contributed by atoms with E-state index in [-0.39, 0.29) is 18.5 Å². The van der Waals surface area contributed by atoms with Crippen LogP contribution in [0.2, 0.25) is 0 Å². The van der Waals surface area contributed by atoms with Crippen LogP contribution in [0.25, 0.3) is 0 Å². The first-order chi connectivity index (χ1) is 8.69. The molecule has 0 saturated carbocycles. The number of nitrogens with one attached hydrogen (secondary N) is 2. The van der Waals surface area contributed by atoms with Crippen LogP contribution in [0.3, 0.4) is 0 Å². The molecule has 96 valence electrons. The van der Waals surface area contributed by atoms with Crippen molar-refractivity contribution in [1.82, 2.24) is 10.6 Å². The van der Waals surface area contributed by atoms with Crippen molar-refractivity contribution in [2.75, 3.05) is 20.2 Å². The lowest BCUT2D eigenvalue weighted by Crippen LogP contribution is -2.35. The van der Waals surface area contributed by atoms with Crippen LogP contribution in [0, 0.1) is 12.3 Å². The Morgan fingerprint density at radius 3 is 2.89 bits per heavy atom. The summed E-state index contributed by atoms with van der Waals surface area (Å²) >= 11 is 0. The van der Waals surface area contributed by atoms with Crippen LogP contribution >= 0.6 is 0 Å². The minimum Gasteiger partial charge on any atom is -0.496 e. The van der Waals surface area contributed by atoms with Gasteiger partial charge in [0.05, 0.1) is 26.2 Å². The number of para-hydroxylation sites is 1. The number of carbonyl (C=O) groups is 1. The van der Waals surface area contributed by atoms with Gasteiger partial charge in [0.25, 0.3) is 0 Å². The molecule has 0 aliphatic carbocycles. The van der Waals surface area contributed by atoms with E-state index >= 15 is 0 Å². The van der Waals surface area contributed by atoms with Gasteiger partial charge in [0, 0.05) is 5.56 Å². The number of hydrogen-bond acceptors (Lipinski definition) is 3. The number of hydrogen-bond donors (Lipinski definition) is 2. The number of carbonyl (C=O) groups excluding carboxylic acids is 1. The maximum Gasteiger partial charge on any atom is 0.234 e. The number of methoxy groups -OCH3 is 1. The minimum absolute atomic E-state index is 0.0938. The van der Waals surface area contributed by atoms with Gasteiger partial charge >= 0.3 is 0 Å². The molecule has 0 saturated heterocycles. The van der Waals surface area contributed by atoms with E-state index in [4.69, 9.17) is 11.2 Å². The average Bonchev–Trinajstić information content (AvgIpc) is 2.39. The first kappa shape index (κ1) is 14.1. The smallest absolute Gasteiger partial charge is 0.234 e. The molecular weight excluding hydrogens is 228 g/mol. The van der Waals surface area contributed by atoms with Crippen LogP contribution in [0.15, 0.2) is 24.3 Å². The number of benzene rings is 1. The predicted octanol–water partition coefficient (Wildman–Crippen LogP) is 1.10. The molecule has 0 fully saturated rings. The summed E-state index contributed by atoms with van der Waals surface area (Å²) in [6.07, 6.45) is 5.08. The van der Waals surface area contributed by atoms with Gasteiger partial charge in [-0.2, -0.15) is 0 Å². The molecule has 0 heterocycles. The second-order valence-corrected chi connectivity index (χ2v) is 3.84. The second-order valence-electron chi connectivity index (χ2n) is 3.84. The lowest BCUT2D eigenvalue weighted by atomic mass is 10.1. The summed E-state index contributed by atoms with van der Waals surface area (Å²) in [6, 6.07) is 7.50. The third kappa shape index (κ3) is 4.11. The molecule has 0 unspecified atom stereocenters. The van der Waals surface area contributed by atoms with Crippen molar-refractivity contribution in [2.45, 2.75) is 13.0 Å². The first-order valence-electron chi connectivity index (χ1n) is 5.75. The molecule has 1 aromatic rings. The van der Waals surface area contributed by atoms with Gasteiger partial charge in [-0.25, -0.2) is 0 Å².